The number of hydrogen-bond donors (Lipinski definition) is 2. The Hall–Kier alpha value is -3.20. The molecule has 0 saturated carbocycles. The van der Waals surface area contributed by atoms with Crippen molar-refractivity contribution in [2.75, 3.05) is 16.8 Å². The van der Waals surface area contributed by atoms with Crippen LogP contribution < -0.4 is 16.0 Å². The highest BCUT2D eigenvalue weighted by atomic mass is 32.2. The lowest BCUT2D eigenvalue weighted by Crippen LogP contribution is -2.34. The lowest BCUT2D eigenvalue weighted by molar-refractivity contribution is -0.117. The maximum atomic E-state index is 12.6. The SMILES string of the molecule is CCCN1C(C)=NS(=O)(=O)c2cc(C(=O)Nc3ccc(CC(N)=O)cc3)ccc21. The van der Waals surface area contributed by atoms with Gasteiger partial charge in [-0.05, 0) is 49.2 Å². The van der Waals surface area contributed by atoms with Crippen LogP contribution in [0.3, 0.4) is 0 Å². The summed E-state index contributed by atoms with van der Waals surface area (Å²) >= 11 is 0. The van der Waals surface area contributed by atoms with Crippen molar-refractivity contribution in [2.24, 2.45) is 10.1 Å². The highest BCUT2D eigenvalue weighted by Crippen LogP contribution is 2.32. The number of amidine groups is 1. The summed E-state index contributed by atoms with van der Waals surface area (Å²) in [5, 5.41) is 2.72. The second-order valence-corrected chi connectivity index (χ2v) is 8.31. The van der Waals surface area contributed by atoms with Gasteiger partial charge in [-0.3, -0.25) is 9.59 Å². The van der Waals surface area contributed by atoms with Gasteiger partial charge in [-0.15, -0.1) is 4.40 Å². The average molecular weight is 414 g/mol. The summed E-state index contributed by atoms with van der Waals surface area (Å²) in [5.41, 5.74) is 7.15. The summed E-state index contributed by atoms with van der Waals surface area (Å²) in [6.45, 7) is 4.27. The summed E-state index contributed by atoms with van der Waals surface area (Å²) < 4.78 is 28.8. The number of sulfonamides is 1. The molecule has 29 heavy (non-hydrogen) atoms. The monoisotopic (exact) mass is 414 g/mol. The first-order valence-electron chi connectivity index (χ1n) is 9.13. The lowest BCUT2D eigenvalue weighted by Gasteiger charge is -2.29. The zero-order chi connectivity index (χ0) is 21.2. The molecule has 0 aromatic heterocycles. The van der Waals surface area contributed by atoms with Crippen LogP contribution in [0.1, 0.15) is 36.2 Å². The second-order valence-electron chi connectivity index (χ2n) is 6.74. The Morgan fingerprint density at radius 3 is 2.45 bits per heavy atom. The number of amides is 2. The van der Waals surface area contributed by atoms with Gasteiger partial charge in [-0.1, -0.05) is 19.1 Å². The number of fused-ring (bicyclic) bond motifs is 1. The van der Waals surface area contributed by atoms with Crippen molar-refractivity contribution in [3.05, 3.63) is 53.6 Å². The Labute approximate surface area is 169 Å². The Kier molecular flexibility index (Phi) is 5.69. The molecule has 9 heteroatoms. The molecular weight excluding hydrogens is 392 g/mol. The van der Waals surface area contributed by atoms with Crippen LogP contribution in [0, 0.1) is 0 Å². The zero-order valence-electron chi connectivity index (χ0n) is 16.2. The van der Waals surface area contributed by atoms with Gasteiger partial charge in [-0.25, -0.2) is 0 Å². The summed E-state index contributed by atoms with van der Waals surface area (Å²) in [7, 11) is -3.87. The van der Waals surface area contributed by atoms with Crippen LogP contribution in [-0.4, -0.2) is 32.6 Å². The van der Waals surface area contributed by atoms with Gasteiger partial charge in [0.2, 0.25) is 5.91 Å². The Morgan fingerprint density at radius 2 is 1.83 bits per heavy atom. The van der Waals surface area contributed by atoms with Crippen molar-refractivity contribution in [1.29, 1.82) is 0 Å². The van der Waals surface area contributed by atoms with Crippen molar-refractivity contribution < 1.29 is 18.0 Å². The van der Waals surface area contributed by atoms with E-state index in [-0.39, 0.29) is 16.9 Å². The topological polar surface area (TPSA) is 122 Å². The fraction of sp³-hybridized carbons (Fsp3) is 0.250. The molecule has 3 N–H and O–H groups in total. The molecule has 0 unspecified atom stereocenters. The third-order valence-corrected chi connectivity index (χ3v) is 5.86. The number of carbonyl (C=O) groups is 2. The van der Waals surface area contributed by atoms with E-state index < -0.39 is 21.8 Å². The summed E-state index contributed by atoms with van der Waals surface area (Å²) in [6.07, 6.45) is 0.936. The first-order valence-corrected chi connectivity index (χ1v) is 10.6. The molecule has 3 rings (SSSR count). The van der Waals surface area contributed by atoms with Crippen molar-refractivity contribution in [2.45, 2.75) is 31.6 Å². The molecule has 0 aliphatic carbocycles. The first-order chi connectivity index (χ1) is 13.7. The molecule has 0 atom stereocenters. The standard InChI is InChI=1S/C20H22N4O4S/c1-3-10-24-13(2)23-29(27,28)18-12-15(6-9-17(18)24)20(26)22-16-7-4-14(5-8-16)11-19(21)25/h4-9,12H,3,10-11H2,1-2H3,(H2,21,25)(H,22,26). The van der Waals surface area contributed by atoms with Gasteiger partial charge in [0.05, 0.1) is 12.1 Å². The molecule has 0 radical (unpaired) electrons. The third-order valence-electron chi connectivity index (χ3n) is 4.47. The molecule has 1 aliphatic rings. The minimum atomic E-state index is -3.87. The lowest BCUT2D eigenvalue weighted by atomic mass is 10.1. The number of rotatable bonds is 6. The highest BCUT2D eigenvalue weighted by molar-refractivity contribution is 7.90. The normalized spacial score (nSPS) is 14.7. The first kappa shape index (κ1) is 20.5. The van der Waals surface area contributed by atoms with E-state index in [9.17, 15) is 18.0 Å². The molecule has 0 saturated heterocycles. The van der Waals surface area contributed by atoms with Crippen LogP contribution in [0.25, 0.3) is 0 Å². The Morgan fingerprint density at radius 1 is 1.14 bits per heavy atom. The van der Waals surface area contributed by atoms with E-state index in [4.69, 9.17) is 5.73 Å². The van der Waals surface area contributed by atoms with E-state index in [1.54, 1.807) is 43.3 Å². The van der Waals surface area contributed by atoms with Gasteiger partial charge in [-0.2, -0.15) is 8.42 Å². The summed E-state index contributed by atoms with van der Waals surface area (Å²) in [5.74, 6) is -0.473. The largest absolute Gasteiger partial charge is 0.369 e. The molecule has 0 bridgehead atoms. The number of benzene rings is 2. The van der Waals surface area contributed by atoms with Gasteiger partial charge < -0.3 is 16.0 Å². The van der Waals surface area contributed by atoms with Crippen LogP contribution in [0.2, 0.25) is 0 Å². The average Bonchev–Trinajstić information content (AvgIpc) is 2.65. The molecule has 1 aliphatic heterocycles. The summed E-state index contributed by atoms with van der Waals surface area (Å²) in [6, 6.07) is 11.3. The fourth-order valence-corrected chi connectivity index (χ4v) is 4.41. The predicted molar refractivity (Wildman–Crippen MR) is 112 cm³/mol. The molecule has 152 valence electrons. The number of nitrogens with zero attached hydrogens (tertiary/aromatic N) is 2. The number of anilines is 2. The van der Waals surface area contributed by atoms with Gasteiger partial charge >= 0.3 is 0 Å². The maximum absolute atomic E-state index is 12.6. The number of primary amides is 1. The van der Waals surface area contributed by atoms with Crippen molar-refractivity contribution >= 4 is 39.0 Å². The Bertz CT molecular complexity index is 1090. The van der Waals surface area contributed by atoms with E-state index >= 15 is 0 Å². The third kappa shape index (κ3) is 4.45. The molecule has 1 heterocycles. The quantitative estimate of drug-likeness (QED) is 0.751. The fourth-order valence-electron chi connectivity index (χ4n) is 3.15. The molecule has 0 spiro atoms. The predicted octanol–water partition coefficient (Wildman–Crippen LogP) is 2.30. The van der Waals surface area contributed by atoms with Gasteiger partial charge in [0, 0.05) is 17.8 Å². The van der Waals surface area contributed by atoms with Crippen molar-refractivity contribution in [3.63, 3.8) is 0 Å². The van der Waals surface area contributed by atoms with E-state index in [1.165, 1.54) is 6.07 Å². The highest BCUT2D eigenvalue weighted by Gasteiger charge is 2.29. The van der Waals surface area contributed by atoms with E-state index in [1.807, 2.05) is 11.8 Å². The van der Waals surface area contributed by atoms with Crippen molar-refractivity contribution in [1.82, 2.24) is 0 Å². The molecule has 2 amide bonds. The molecule has 2 aromatic rings. The van der Waals surface area contributed by atoms with Crippen LogP contribution in [0.15, 0.2) is 51.8 Å². The zero-order valence-corrected chi connectivity index (χ0v) is 17.0. The molecule has 2 aromatic carbocycles. The summed E-state index contributed by atoms with van der Waals surface area (Å²) in [4.78, 5) is 25.4. The van der Waals surface area contributed by atoms with Crippen LogP contribution in [0.5, 0.6) is 0 Å². The van der Waals surface area contributed by atoms with Gasteiger partial charge in [0.1, 0.15) is 10.7 Å². The molecule has 8 nitrogen and oxygen atoms in total. The van der Waals surface area contributed by atoms with Crippen molar-refractivity contribution in [3.8, 4) is 0 Å². The van der Waals surface area contributed by atoms with E-state index in [0.717, 1.165) is 12.0 Å². The smallest absolute Gasteiger partial charge is 0.286 e. The van der Waals surface area contributed by atoms with E-state index in [0.29, 0.717) is 23.8 Å². The van der Waals surface area contributed by atoms with Crippen LogP contribution in [-0.2, 0) is 21.2 Å². The second kappa shape index (κ2) is 8.04. The number of nitrogens with two attached hydrogens (primary N) is 1. The number of carbonyl (C=O) groups excluding carboxylic acids is 2. The maximum Gasteiger partial charge on any atom is 0.286 e. The Balaban J connectivity index is 1.86. The molecular formula is C20H22N4O4S. The number of hydrogen-bond acceptors (Lipinski definition) is 5. The van der Waals surface area contributed by atoms with Gasteiger partial charge in [0.15, 0.2) is 0 Å². The van der Waals surface area contributed by atoms with Crippen LogP contribution in [0.4, 0.5) is 11.4 Å². The van der Waals surface area contributed by atoms with E-state index in [2.05, 4.69) is 9.71 Å². The minimum absolute atomic E-state index is 0.0148. The minimum Gasteiger partial charge on any atom is -0.369 e. The van der Waals surface area contributed by atoms with Crippen LogP contribution >= 0.6 is 0 Å². The molecule has 0 fully saturated rings. The van der Waals surface area contributed by atoms with Gasteiger partial charge in [0.25, 0.3) is 15.9 Å². The number of nitrogens with one attached hydrogen (secondary N) is 1.